The molecule has 0 aromatic heterocycles. The van der Waals surface area contributed by atoms with Crippen molar-refractivity contribution in [3.63, 3.8) is 0 Å². The molecule has 2 rings (SSSR count). The van der Waals surface area contributed by atoms with Crippen LogP contribution in [0, 0.1) is 0 Å². The highest BCUT2D eigenvalue weighted by atomic mass is 35.5. The van der Waals surface area contributed by atoms with Crippen molar-refractivity contribution >= 4 is 28.9 Å². The van der Waals surface area contributed by atoms with Crippen molar-refractivity contribution in [3.05, 3.63) is 47.0 Å². The lowest BCUT2D eigenvalue weighted by molar-refractivity contribution is 0.102. The minimum atomic E-state index is -0.276. The SMILES string of the molecule is COc1cc(C(=O)Nc2ccccc2N(C)C)cc(Cl)c1OC. The zero-order chi connectivity index (χ0) is 17.0. The Morgan fingerprint density at radius 1 is 1.13 bits per heavy atom. The first kappa shape index (κ1) is 17.0. The van der Waals surface area contributed by atoms with Crippen molar-refractivity contribution in [1.82, 2.24) is 0 Å². The first-order chi connectivity index (χ1) is 11.0. The van der Waals surface area contributed by atoms with Gasteiger partial charge >= 0.3 is 0 Å². The Labute approximate surface area is 140 Å². The van der Waals surface area contributed by atoms with E-state index in [0.29, 0.717) is 27.8 Å². The lowest BCUT2D eigenvalue weighted by atomic mass is 10.1. The molecule has 0 heterocycles. The molecule has 0 aliphatic rings. The minimum absolute atomic E-state index is 0.276. The molecule has 0 unspecified atom stereocenters. The van der Waals surface area contributed by atoms with Crippen LogP contribution >= 0.6 is 11.6 Å². The number of para-hydroxylation sites is 2. The van der Waals surface area contributed by atoms with Crippen molar-refractivity contribution < 1.29 is 14.3 Å². The molecular weight excluding hydrogens is 316 g/mol. The quantitative estimate of drug-likeness (QED) is 0.906. The summed E-state index contributed by atoms with van der Waals surface area (Å²) in [5.41, 5.74) is 2.02. The molecule has 0 atom stereocenters. The summed E-state index contributed by atoms with van der Waals surface area (Å²) in [6.07, 6.45) is 0. The van der Waals surface area contributed by atoms with Gasteiger partial charge in [0.05, 0.1) is 30.6 Å². The fourth-order valence-electron chi connectivity index (χ4n) is 2.21. The normalized spacial score (nSPS) is 10.1. The van der Waals surface area contributed by atoms with Gasteiger partial charge in [-0.3, -0.25) is 4.79 Å². The summed E-state index contributed by atoms with van der Waals surface area (Å²) in [5, 5.41) is 3.21. The van der Waals surface area contributed by atoms with Crippen molar-refractivity contribution in [3.8, 4) is 11.5 Å². The third kappa shape index (κ3) is 3.68. The smallest absolute Gasteiger partial charge is 0.255 e. The van der Waals surface area contributed by atoms with Crippen molar-refractivity contribution in [2.24, 2.45) is 0 Å². The largest absolute Gasteiger partial charge is 0.493 e. The molecule has 2 aromatic rings. The summed E-state index contributed by atoms with van der Waals surface area (Å²) in [6, 6.07) is 10.7. The van der Waals surface area contributed by atoms with Gasteiger partial charge in [0, 0.05) is 19.7 Å². The molecule has 122 valence electrons. The average Bonchev–Trinajstić information content (AvgIpc) is 2.54. The van der Waals surface area contributed by atoms with Gasteiger partial charge in [-0.15, -0.1) is 0 Å². The maximum absolute atomic E-state index is 12.5. The number of hydrogen-bond donors (Lipinski definition) is 1. The highest BCUT2D eigenvalue weighted by Gasteiger charge is 2.16. The number of amides is 1. The molecule has 0 saturated heterocycles. The molecule has 0 bridgehead atoms. The maximum Gasteiger partial charge on any atom is 0.255 e. The molecule has 0 fully saturated rings. The molecule has 0 aliphatic heterocycles. The van der Waals surface area contributed by atoms with Gasteiger partial charge in [0.2, 0.25) is 0 Å². The summed E-state index contributed by atoms with van der Waals surface area (Å²) in [5.74, 6) is 0.535. The van der Waals surface area contributed by atoms with Crippen LogP contribution in [0.5, 0.6) is 11.5 Å². The predicted octanol–water partition coefficient (Wildman–Crippen LogP) is 3.68. The van der Waals surface area contributed by atoms with Gasteiger partial charge in [0.25, 0.3) is 5.91 Å². The molecule has 2 aromatic carbocycles. The van der Waals surface area contributed by atoms with E-state index in [2.05, 4.69) is 5.32 Å². The summed E-state index contributed by atoms with van der Waals surface area (Å²) >= 11 is 6.15. The predicted molar refractivity (Wildman–Crippen MR) is 93.3 cm³/mol. The van der Waals surface area contributed by atoms with Gasteiger partial charge in [0.1, 0.15) is 0 Å². The molecule has 0 spiro atoms. The van der Waals surface area contributed by atoms with Crippen LogP contribution in [-0.4, -0.2) is 34.2 Å². The van der Waals surface area contributed by atoms with Crippen LogP contribution in [0.25, 0.3) is 0 Å². The van der Waals surface area contributed by atoms with E-state index in [1.165, 1.54) is 14.2 Å². The molecule has 0 aliphatic carbocycles. The highest BCUT2D eigenvalue weighted by Crippen LogP contribution is 2.36. The fraction of sp³-hybridized carbons (Fsp3) is 0.235. The number of ether oxygens (including phenoxy) is 2. The third-order valence-corrected chi connectivity index (χ3v) is 3.61. The molecule has 1 amide bonds. The number of carbonyl (C=O) groups is 1. The molecule has 5 nitrogen and oxygen atoms in total. The summed E-state index contributed by atoms with van der Waals surface area (Å²) in [4.78, 5) is 14.5. The van der Waals surface area contributed by atoms with Crippen LogP contribution in [-0.2, 0) is 0 Å². The number of anilines is 2. The van der Waals surface area contributed by atoms with E-state index in [0.717, 1.165) is 5.69 Å². The topological polar surface area (TPSA) is 50.8 Å². The maximum atomic E-state index is 12.5. The molecule has 0 radical (unpaired) electrons. The Bertz CT molecular complexity index is 717. The van der Waals surface area contributed by atoms with Gasteiger partial charge in [-0.1, -0.05) is 23.7 Å². The second-order valence-corrected chi connectivity index (χ2v) is 5.47. The molecular formula is C17H19ClN2O3. The Kier molecular flexibility index (Phi) is 5.34. The van der Waals surface area contributed by atoms with Crippen LogP contribution in [0.3, 0.4) is 0 Å². The number of hydrogen-bond acceptors (Lipinski definition) is 4. The van der Waals surface area contributed by atoms with E-state index in [1.807, 2.05) is 43.3 Å². The highest BCUT2D eigenvalue weighted by molar-refractivity contribution is 6.32. The molecule has 1 N–H and O–H groups in total. The number of carbonyl (C=O) groups excluding carboxylic acids is 1. The second kappa shape index (κ2) is 7.24. The van der Waals surface area contributed by atoms with E-state index in [1.54, 1.807) is 12.1 Å². The number of methoxy groups -OCH3 is 2. The standard InChI is InChI=1S/C17H19ClN2O3/c1-20(2)14-8-6-5-7-13(14)19-17(21)11-9-12(18)16(23-4)15(10-11)22-3/h5-10H,1-4H3,(H,19,21). The Hall–Kier alpha value is -2.40. The first-order valence-electron chi connectivity index (χ1n) is 6.97. The van der Waals surface area contributed by atoms with E-state index in [-0.39, 0.29) is 5.91 Å². The lowest BCUT2D eigenvalue weighted by Crippen LogP contribution is -2.16. The van der Waals surface area contributed by atoms with E-state index in [4.69, 9.17) is 21.1 Å². The van der Waals surface area contributed by atoms with Crippen molar-refractivity contribution in [2.75, 3.05) is 38.5 Å². The van der Waals surface area contributed by atoms with Gasteiger partial charge in [-0.2, -0.15) is 0 Å². The Morgan fingerprint density at radius 3 is 2.43 bits per heavy atom. The number of rotatable bonds is 5. The van der Waals surface area contributed by atoms with Crippen molar-refractivity contribution in [2.45, 2.75) is 0 Å². The summed E-state index contributed by atoms with van der Waals surface area (Å²) < 4.78 is 10.4. The molecule has 0 saturated carbocycles. The van der Waals surface area contributed by atoms with Crippen molar-refractivity contribution in [1.29, 1.82) is 0 Å². The Balaban J connectivity index is 2.34. The fourth-order valence-corrected chi connectivity index (χ4v) is 2.50. The van der Waals surface area contributed by atoms with Crippen LogP contribution in [0.1, 0.15) is 10.4 Å². The summed E-state index contributed by atoms with van der Waals surface area (Å²) in [7, 11) is 6.82. The summed E-state index contributed by atoms with van der Waals surface area (Å²) in [6.45, 7) is 0. The minimum Gasteiger partial charge on any atom is -0.493 e. The zero-order valence-electron chi connectivity index (χ0n) is 13.5. The number of halogens is 1. The second-order valence-electron chi connectivity index (χ2n) is 5.06. The van der Waals surface area contributed by atoms with Gasteiger partial charge in [0.15, 0.2) is 11.5 Å². The van der Waals surface area contributed by atoms with Crippen LogP contribution in [0.4, 0.5) is 11.4 Å². The van der Waals surface area contributed by atoms with E-state index in [9.17, 15) is 4.79 Å². The number of nitrogens with zero attached hydrogens (tertiary/aromatic N) is 1. The van der Waals surface area contributed by atoms with Crippen LogP contribution in [0.15, 0.2) is 36.4 Å². The first-order valence-corrected chi connectivity index (χ1v) is 7.35. The number of nitrogens with one attached hydrogen (secondary N) is 1. The Morgan fingerprint density at radius 2 is 1.83 bits per heavy atom. The van der Waals surface area contributed by atoms with Gasteiger partial charge < -0.3 is 19.7 Å². The van der Waals surface area contributed by atoms with Gasteiger partial charge in [-0.25, -0.2) is 0 Å². The number of benzene rings is 2. The van der Waals surface area contributed by atoms with Crippen LogP contribution < -0.4 is 19.7 Å². The monoisotopic (exact) mass is 334 g/mol. The lowest BCUT2D eigenvalue weighted by Gasteiger charge is -2.18. The average molecular weight is 335 g/mol. The van der Waals surface area contributed by atoms with E-state index < -0.39 is 0 Å². The zero-order valence-corrected chi connectivity index (χ0v) is 14.3. The van der Waals surface area contributed by atoms with E-state index >= 15 is 0 Å². The third-order valence-electron chi connectivity index (χ3n) is 3.33. The molecule has 23 heavy (non-hydrogen) atoms. The van der Waals surface area contributed by atoms with Crippen LogP contribution in [0.2, 0.25) is 5.02 Å². The van der Waals surface area contributed by atoms with Gasteiger partial charge in [-0.05, 0) is 24.3 Å². The molecule has 6 heteroatoms.